The van der Waals surface area contributed by atoms with Crippen molar-refractivity contribution < 1.29 is 0 Å². The molecule has 56 heavy (non-hydrogen) atoms. The maximum atomic E-state index is 5.29. The minimum Gasteiger partial charge on any atom is -0.265 e. The third kappa shape index (κ3) is 6.74. The van der Waals surface area contributed by atoms with Crippen LogP contribution >= 0.6 is 11.3 Å². The van der Waals surface area contributed by atoms with Gasteiger partial charge in [0.25, 0.3) is 0 Å². The Bertz CT molecular complexity index is 2840. The lowest BCUT2D eigenvalue weighted by Gasteiger charge is -2.11. The van der Waals surface area contributed by atoms with Gasteiger partial charge in [-0.25, -0.2) is 15.0 Å². The fourth-order valence-electron chi connectivity index (χ4n) is 7.09. The van der Waals surface area contributed by atoms with Crippen LogP contribution in [0.5, 0.6) is 0 Å². The van der Waals surface area contributed by atoms with Gasteiger partial charge >= 0.3 is 0 Å². The summed E-state index contributed by atoms with van der Waals surface area (Å²) < 4.78 is 1.14. The smallest absolute Gasteiger partial charge is 0.160 e. The number of aliphatic imine (C=N–C) groups is 1. The Balaban J connectivity index is 1.11. The average Bonchev–Trinajstić information content (AvgIpc) is 3.68. The fourth-order valence-corrected chi connectivity index (χ4v) is 8.42. The van der Waals surface area contributed by atoms with E-state index in [2.05, 4.69) is 139 Å². The van der Waals surface area contributed by atoms with Crippen molar-refractivity contribution in [2.45, 2.75) is 6.92 Å². The summed E-state index contributed by atoms with van der Waals surface area (Å²) in [6, 6.07) is 52.5. The van der Waals surface area contributed by atoms with E-state index in [1.165, 1.54) is 15.8 Å². The maximum Gasteiger partial charge on any atom is 0.160 e. The molecule has 0 atom stereocenters. The number of hydrogen-bond acceptors (Lipinski definition) is 6. The molecule has 4 aromatic heterocycles. The highest BCUT2D eigenvalue weighted by Crippen LogP contribution is 2.48. The number of para-hydroxylation sites is 1. The van der Waals surface area contributed by atoms with E-state index in [4.69, 9.17) is 15.0 Å². The zero-order valence-corrected chi connectivity index (χ0v) is 31.5. The largest absolute Gasteiger partial charge is 0.265 e. The highest BCUT2D eigenvalue weighted by Gasteiger charge is 2.22. The van der Waals surface area contributed by atoms with Crippen molar-refractivity contribution in [3.05, 3.63) is 188 Å². The van der Waals surface area contributed by atoms with Crippen molar-refractivity contribution in [1.29, 1.82) is 0 Å². The minimum absolute atomic E-state index is 0.705. The predicted octanol–water partition coefficient (Wildman–Crippen LogP) is 13.3. The number of pyridine rings is 2. The summed E-state index contributed by atoms with van der Waals surface area (Å²) in [5.74, 6) is 0.705. The number of allylic oxidation sites excluding steroid dienone is 2. The molecular formula is C50H35N5S. The van der Waals surface area contributed by atoms with Crippen molar-refractivity contribution in [2.75, 3.05) is 0 Å². The zero-order chi connectivity index (χ0) is 37.8. The molecule has 0 spiro atoms. The van der Waals surface area contributed by atoms with E-state index in [-0.39, 0.29) is 0 Å². The van der Waals surface area contributed by atoms with Gasteiger partial charge in [-0.2, -0.15) is 0 Å². The molecule has 0 aliphatic heterocycles. The van der Waals surface area contributed by atoms with Crippen molar-refractivity contribution in [2.24, 2.45) is 4.99 Å². The van der Waals surface area contributed by atoms with Crippen LogP contribution in [0.15, 0.2) is 188 Å². The first-order valence-electron chi connectivity index (χ1n) is 18.4. The zero-order valence-electron chi connectivity index (χ0n) is 30.7. The Morgan fingerprint density at radius 2 is 1.16 bits per heavy atom. The van der Waals surface area contributed by atoms with Gasteiger partial charge in [0.05, 0.1) is 27.3 Å². The van der Waals surface area contributed by atoms with Crippen molar-refractivity contribution in [3.8, 4) is 67.4 Å². The van der Waals surface area contributed by atoms with Crippen LogP contribution in [-0.2, 0) is 0 Å². The number of nitrogens with zero attached hydrogens (tertiary/aromatic N) is 5. The monoisotopic (exact) mass is 737 g/mol. The molecule has 5 aromatic carbocycles. The first-order valence-corrected chi connectivity index (χ1v) is 19.2. The molecule has 4 heterocycles. The minimum atomic E-state index is 0.705. The lowest BCUT2D eigenvalue weighted by atomic mass is 9.95. The molecule has 5 nitrogen and oxygen atoms in total. The van der Waals surface area contributed by atoms with E-state index in [1.54, 1.807) is 23.8 Å². The number of benzene rings is 5. The van der Waals surface area contributed by atoms with Crippen LogP contribution < -0.4 is 0 Å². The van der Waals surface area contributed by atoms with Crippen molar-refractivity contribution in [1.82, 2.24) is 19.9 Å². The summed E-state index contributed by atoms with van der Waals surface area (Å²) in [6.45, 7) is 5.87. The summed E-state index contributed by atoms with van der Waals surface area (Å²) in [5, 5.41) is 2.32. The Morgan fingerprint density at radius 3 is 1.82 bits per heavy atom. The molecule has 9 aromatic rings. The molecule has 0 saturated carbocycles. The third-order valence-corrected chi connectivity index (χ3v) is 11.2. The number of rotatable bonds is 9. The van der Waals surface area contributed by atoms with Gasteiger partial charge in [-0.1, -0.05) is 134 Å². The maximum absolute atomic E-state index is 5.29. The molecule has 6 heteroatoms. The quantitative estimate of drug-likeness (QED) is 0.138. The van der Waals surface area contributed by atoms with Crippen LogP contribution in [0.1, 0.15) is 11.8 Å². The Kier molecular flexibility index (Phi) is 9.46. The lowest BCUT2D eigenvalue weighted by molar-refractivity contribution is 1.18. The summed E-state index contributed by atoms with van der Waals surface area (Å²) in [5.41, 5.74) is 13.5. The van der Waals surface area contributed by atoms with Gasteiger partial charge in [0.1, 0.15) is 0 Å². The van der Waals surface area contributed by atoms with Crippen LogP contribution in [0.3, 0.4) is 0 Å². The van der Waals surface area contributed by atoms with Gasteiger partial charge < -0.3 is 0 Å². The molecule has 0 radical (unpaired) electrons. The third-order valence-electron chi connectivity index (χ3n) is 9.87. The Labute approximate surface area is 329 Å². The van der Waals surface area contributed by atoms with E-state index in [0.29, 0.717) is 5.82 Å². The summed E-state index contributed by atoms with van der Waals surface area (Å²) in [7, 11) is 0. The standard InChI is InChI=1S/C50H35N5S/c1-3-51-29-26-33(2)48-45(38-27-30-52-31-28-38)46-41-16-10-11-17-42(41)53-47(49(46)56-48)39-24-20-35(21-25-39)34-18-22-37(23-19-34)44-32-43(36-12-6-4-7-13-36)54-50(55-44)40-14-8-5-9-15-40/h3-32H,1H2,2H3/b33-26+,51-29-. The number of aromatic nitrogens is 4. The predicted molar refractivity (Wildman–Crippen MR) is 235 cm³/mol. The van der Waals surface area contributed by atoms with Gasteiger partial charge in [-0.3, -0.25) is 9.98 Å². The average molecular weight is 738 g/mol. The van der Waals surface area contributed by atoms with Crippen molar-refractivity contribution in [3.63, 3.8) is 0 Å². The van der Waals surface area contributed by atoms with Gasteiger partial charge in [-0.05, 0) is 59.5 Å². The first-order chi connectivity index (χ1) is 27.6. The SMILES string of the molecule is C=C/N=C\C=C(/C)c1sc2c(-c3ccc(-c4ccc(-c5cc(-c6ccccc6)nc(-c6ccccc6)n5)cc4)cc3)nc3ccccc3c2c1-c1ccncc1. The van der Waals surface area contributed by atoms with Crippen LogP contribution in [0.25, 0.3) is 94.0 Å². The second-order valence-corrected chi connectivity index (χ2v) is 14.4. The van der Waals surface area contributed by atoms with Gasteiger partial charge in [0.2, 0.25) is 0 Å². The number of fused-ring (bicyclic) bond motifs is 3. The molecular weight excluding hydrogens is 703 g/mol. The summed E-state index contributed by atoms with van der Waals surface area (Å²) in [4.78, 5) is 25.0. The molecule has 9 rings (SSSR count). The molecule has 0 aliphatic rings. The molecule has 0 fully saturated rings. The normalized spacial score (nSPS) is 11.8. The van der Waals surface area contributed by atoms with Gasteiger partial charge in [0.15, 0.2) is 5.82 Å². The van der Waals surface area contributed by atoms with Crippen LogP contribution in [0.2, 0.25) is 0 Å². The molecule has 0 N–H and O–H groups in total. The highest BCUT2D eigenvalue weighted by molar-refractivity contribution is 7.21. The first kappa shape index (κ1) is 34.6. The van der Waals surface area contributed by atoms with Crippen LogP contribution in [0.4, 0.5) is 0 Å². The van der Waals surface area contributed by atoms with Gasteiger partial charge in [-0.15, -0.1) is 11.3 Å². The second-order valence-electron chi connectivity index (χ2n) is 13.4. The van der Waals surface area contributed by atoms with E-state index in [0.717, 1.165) is 77.2 Å². The Morgan fingerprint density at radius 1 is 0.589 bits per heavy atom. The summed E-state index contributed by atoms with van der Waals surface area (Å²) >= 11 is 1.77. The molecule has 0 bridgehead atoms. The van der Waals surface area contributed by atoms with Gasteiger partial charge in [0, 0.05) is 68.3 Å². The van der Waals surface area contributed by atoms with E-state index >= 15 is 0 Å². The molecule has 0 aliphatic carbocycles. The highest BCUT2D eigenvalue weighted by atomic mass is 32.1. The Hall–Kier alpha value is -7.15. The van der Waals surface area contributed by atoms with Crippen LogP contribution in [0, 0.1) is 0 Å². The fraction of sp³-hybridized carbons (Fsp3) is 0.0200. The van der Waals surface area contributed by atoms with E-state index in [1.807, 2.05) is 54.9 Å². The summed E-state index contributed by atoms with van der Waals surface area (Å²) in [6.07, 6.45) is 9.10. The van der Waals surface area contributed by atoms with E-state index < -0.39 is 0 Å². The molecule has 0 amide bonds. The second kappa shape index (κ2) is 15.3. The van der Waals surface area contributed by atoms with Crippen molar-refractivity contribution >= 4 is 44.1 Å². The van der Waals surface area contributed by atoms with Crippen LogP contribution in [-0.4, -0.2) is 26.2 Å². The number of thiophene rings is 1. The molecule has 266 valence electrons. The molecule has 0 saturated heterocycles. The van der Waals surface area contributed by atoms with E-state index in [9.17, 15) is 0 Å². The lowest BCUT2D eigenvalue weighted by Crippen LogP contribution is -1.95. The topological polar surface area (TPSA) is 63.9 Å². The number of hydrogen-bond donors (Lipinski definition) is 0. The molecule has 0 unspecified atom stereocenters.